The molecule has 0 aromatic carbocycles. The van der Waals surface area contributed by atoms with Crippen LogP contribution in [0.15, 0.2) is 6.20 Å². The van der Waals surface area contributed by atoms with Crippen LogP contribution in [0.1, 0.15) is 39.5 Å². The molecule has 0 unspecified atom stereocenters. The third-order valence-corrected chi connectivity index (χ3v) is 3.34. The molecule has 4 nitrogen and oxygen atoms in total. The van der Waals surface area contributed by atoms with E-state index < -0.39 is 0 Å². The van der Waals surface area contributed by atoms with Crippen LogP contribution in [-0.4, -0.2) is 22.6 Å². The SMILES string of the molecule is CC(C)CN(c1nc(N)ncc1F)C1CCCC1. The average molecular weight is 252 g/mol. The van der Waals surface area contributed by atoms with Crippen LogP contribution in [0.2, 0.25) is 0 Å². The first-order valence-electron chi connectivity index (χ1n) is 6.62. The number of hydrogen-bond acceptors (Lipinski definition) is 4. The van der Waals surface area contributed by atoms with Crippen LogP contribution in [0.4, 0.5) is 16.2 Å². The van der Waals surface area contributed by atoms with E-state index in [9.17, 15) is 4.39 Å². The van der Waals surface area contributed by atoms with Gasteiger partial charge in [0.25, 0.3) is 0 Å². The summed E-state index contributed by atoms with van der Waals surface area (Å²) in [7, 11) is 0. The van der Waals surface area contributed by atoms with Gasteiger partial charge >= 0.3 is 0 Å². The molecule has 1 saturated carbocycles. The minimum absolute atomic E-state index is 0.137. The summed E-state index contributed by atoms with van der Waals surface area (Å²) in [5.41, 5.74) is 5.58. The lowest BCUT2D eigenvalue weighted by atomic mass is 10.1. The minimum atomic E-state index is -0.378. The molecule has 5 heteroatoms. The highest BCUT2D eigenvalue weighted by molar-refractivity contribution is 5.44. The lowest BCUT2D eigenvalue weighted by molar-refractivity contribution is 0.512. The lowest BCUT2D eigenvalue weighted by Gasteiger charge is -2.31. The molecule has 0 radical (unpaired) electrons. The number of anilines is 2. The number of nitrogens with zero attached hydrogens (tertiary/aromatic N) is 3. The van der Waals surface area contributed by atoms with E-state index in [1.54, 1.807) is 0 Å². The zero-order chi connectivity index (χ0) is 13.1. The summed E-state index contributed by atoms with van der Waals surface area (Å²) in [4.78, 5) is 9.86. The van der Waals surface area contributed by atoms with Crippen molar-refractivity contribution in [2.24, 2.45) is 5.92 Å². The predicted octanol–water partition coefficient (Wildman–Crippen LogP) is 2.60. The van der Waals surface area contributed by atoms with Crippen molar-refractivity contribution in [1.29, 1.82) is 0 Å². The standard InChI is InChI=1S/C13H21FN4/c1-9(2)8-18(10-5-3-4-6-10)12-11(14)7-16-13(15)17-12/h7,9-10H,3-6,8H2,1-2H3,(H2,15,16,17). The summed E-state index contributed by atoms with van der Waals surface area (Å²) in [5, 5.41) is 0. The van der Waals surface area contributed by atoms with Gasteiger partial charge in [-0.3, -0.25) is 0 Å². The lowest BCUT2D eigenvalue weighted by Crippen LogP contribution is -2.37. The summed E-state index contributed by atoms with van der Waals surface area (Å²) in [5.74, 6) is 0.583. The fraction of sp³-hybridized carbons (Fsp3) is 0.692. The fourth-order valence-electron chi connectivity index (χ4n) is 2.59. The molecule has 2 N–H and O–H groups in total. The first-order valence-corrected chi connectivity index (χ1v) is 6.62. The largest absolute Gasteiger partial charge is 0.368 e. The van der Waals surface area contributed by atoms with E-state index in [0.29, 0.717) is 17.8 Å². The van der Waals surface area contributed by atoms with Crippen molar-refractivity contribution in [2.45, 2.75) is 45.6 Å². The first kappa shape index (κ1) is 13.1. The summed E-state index contributed by atoms with van der Waals surface area (Å²) < 4.78 is 13.9. The molecule has 1 fully saturated rings. The van der Waals surface area contributed by atoms with E-state index in [-0.39, 0.29) is 11.8 Å². The highest BCUT2D eigenvalue weighted by Gasteiger charge is 2.26. The van der Waals surface area contributed by atoms with Gasteiger partial charge in [-0.25, -0.2) is 9.37 Å². The van der Waals surface area contributed by atoms with Crippen LogP contribution < -0.4 is 10.6 Å². The maximum Gasteiger partial charge on any atom is 0.222 e. The summed E-state index contributed by atoms with van der Waals surface area (Å²) in [6.45, 7) is 5.06. The van der Waals surface area contributed by atoms with Crippen LogP contribution in [0.3, 0.4) is 0 Å². The second-order valence-corrected chi connectivity index (χ2v) is 5.38. The van der Waals surface area contributed by atoms with Gasteiger partial charge in [-0.1, -0.05) is 26.7 Å². The monoisotopic (exact) mass is 252 g/mol. The number of hydrogen-bond donors (Lipinski definition) is 1. The topological polar surface area (TPSA) is 55.0 Å². The average Bonchev–Trinajstić information content (AvgIpc) is 2.82. The van der Waals surface area contributed by atoms with Gasteiger partial charge in [0.2, 0.25) is 5.95 Å². The smallest absolute Gasteiger partial charge is 0.222 e. The van der Waals surface area contributed by atoms with E-state index in [0.717, 1.165) is 19.4 Å². The Morgan fingerprint density at radius 2 is 2.11 bits per heavy atom. The summed E-state index contributed by atoms with van der Waals surface area (Å²) >= 11 is 0. The Bertz CT molecular complexity index is 402. The van der Waals surface area contributed by atoms with Gasteiger partial charge in [-0.05, 0) is 18.8 Å². The van der Waals surface area contributed by atoms with Crippen molar-refractivity contribution < 1.29 is 4.39 Å². The molecule has 18 heavy (non-hydrogen) atoms. The van der Waals surface area contributed by atoms with Crippen molar-refractivity contribution in [3.05, 3.63) is 12.0 Å². The summed E-state index contributed by atoms with van der Waals surface area (Å²) in [6, 6.07) is 0.385. The molecule has 0 spiro atoms. The Kier molecular flexibility index (Phi) is 3.99. The molecule has 2 rings (SSSR count). The van der Waals surface area contributed by atoms with Crippen molar-refractivity contribution in [1.82, 2.24) is 9.97 Å². The normalized spacial score (nSPS) is 16.4. The molecular weight excluding hydrogens is 231 g/mol. The Morgan fingerprint density at radius 3 is 2.72 bits per heavy atom. The molecule has 0 atom stereocenters. The third kappa shape index (κ3) is 2.89. The van der Waals surface area contributed by atoms with E-state index in [1.807, 2.05) is 0 Å². The molecule has 1 aromatic rings. The maximum atomic E-state index is 13.9. The van der Waals surface area contributed by atoms with Gasteiger partial charge in [0, 0.05) is 12.6 Å². The molecule has 0 bridgehead atoms. The van der Waals surface area contributed by atoms with Crippen molar-refractivity contribution >= 4 is 11.8 Å². The van der Waals surface area contributed by atoms with E-state index in [2.05, 4.69) is 28.7 Å². The highest BCUT2D eigenvalue weighted by atomic mass is 19.1. The van der Waals surface area contributed by atoms with Gasteiger partial charge < -0.3 is 10.6 Å². The number of nitrogen functional groups attached to an aromatic ring is 1. The fourth-order valence-corrected chi connectivity index (χ4v) is 2.59. The van der Waals surface area contributed by atoms with Crippen molar-refractivity contribution in [2.75, 3.05) is 17.2 Å². The number of aromatic nitrogens is 2. The van der Waals surface area contributed by atoms with Gasteiger partial charge in [0.05, 0.1) is 6.20 Å². The van der Waals surface area contributed by atoms with Crippen LogP contribution in [0, 0.1) is 11.7 Å². The second kappa shape index (κ2) is 5.50. The first-order chi connectivity index (χ1) is 8.58. The Morgan fingerprint density at radius 1 is 1.44 bits per heavy atom. The minimum Gasteiger partial charge on any atom is -0.368 e. The van der Waals surface area contributed by atoms with Crippen LogP contribution in [-0.2, 0) is 0 Å². The molecule has 0 aliphatic heterocycles. The van der Waals surface area contributed by atoms with Gasteiger partial charge in [-0.15, -0.1) is 0 Å². The van der Waals surface area contributed by atoms with Crippen LogP contribution >= 0.6 is 0 Å². The van der Waals surface area contributed by atoms with Crippen LogP contribution in [0.25, 0.3) is 0 Å². The van der Waals surface area contributed by atoms with E-state index >= 15 is 0 Å². The molecule has 1 aliphatic rings. The zero-order valence-corrected chi connectivity index (χ0v) is 11.1. The molecule has 1 aliphatic carbocycles. The third-order valence-electron chi connectivity index (χ3n) is 3.34. The second-order valence-electron chi connectivity index (χ2n) is 5.38. The number of nitrogens with two attached hydrogens (primary N) is 1. The molecule has 1 aromatic heterocycles. The predicted molar refractivity (Wildman–Crippen MR) is 70.8 cm³/mol. The number of rotatable bonds is 4. The quantitative estimate of drug-likeness (QED) is 0.895. The van der Waals surface area contributed by atoms with E-state index in [1.165, 1.54) is 19.0 Å². The Hall–Kier alpha value is -1.39. The van der Waals surface area contributed by atoms with Crippen molar-refractivity contribution in [3.8, 4) is 0 Å². The molecule has 0 saturated heterocycles. The molecule has 1 heterocycles. The van der Waals surface area contributed by atoms with Crippen molar-refractivity contribution in [3.63, 3.8) is 0 Å². The van der Waals surface area contributed by atoms with Gasteiger partial charge in [-0.2, -0.15) is 4.98 Å². The van der Waals surface area contributed by atoms with Gasteiger partial charge in [0.1, 0.15) is 0 Å². The molecular formula is C13H21FN4. The van der Waals surface area contributed by atoms with Gasteiger partial charge in [0.15, 0.2) is 11.6 Å². The molecule has 0 amide bonds. The Balaban J connectivity index is 2.29. The Labute approximate surface area is 107 Å². The van der Waals surface area contributed by atoms with Crippen LogP contribution in [0.5, 0.6) is 0 Å². The highest BCUT2D eigenvalue weighted by Crippen LogP contribution is 2.29. The maximum absolute atomic E-state index is 13.9. The molecule has 100 valence electrons. The summed E-state index contributed by atoms with van der Waals surface area (Å²) in [6.07, 6.45) is 5.80. The zero-order valence-electron chi connectivity index (χ0n) is 11.1. The number of halogens is 1. The van der Waals surface area contributed by atoms with E-state index in [4.69, 9.17) is 5.73 Å².